The zero-order chi connectivity index (χ0) is 21.4. The zero-order valence-electron chi connectivity index (χ0n) is 17.2. The van der Waals surface area contributed by atoms with E-state index in [1.54, 1.807) is 0 Å². The maximum atomic E-state index is 14.6. The van der Waals surface area contributed by atoms with Crippen LogP contribution in [-0.2, 0) is 4.74 Å². The molecule has 2 fully saturated rings. The van der Waals surface area contributed by atoms with Crippen LogP contribution in [-0.4, -0.2) is 62.3 Å². The first-order valence-corrected chi connectivity index (χ1v) is 10.5. The van der Waals surface area contributed by atoms with Crippen molar-refractivity contribution in [1.29, 1.82) is 0 Å². The molecule has 3 aliphatic heterocycles. The number of hydrogen-bond acceptors (Lipinski definition) is 7. The molecular weight excluding hydrogens is 413 g/mol. The Hall–Kier alpha value is -2.42. The molecule has 2 aromatic rings. The molecule has 2 saturated heterocycles. The normalized spacial score (nSPS) is 27.5. The summed E-state index contributed by atoms with van der Waals surface area (Å²) in [6.07, 6.45) is 2.36. The smallest absolute Gasteiger partial charge is 0.410 e. The van der Waals surface area contributed by atoms with E-state index >= 15 is 0 Å². The third-order valence-corrected chi connectivity index (χ3v) is 6.24. The van der Waals surface area contributed by atoms with Gasteiger partial charge in [0.1, 0.15) is 34.8 Å². The van der Waals surface area contributed by atoms with Gasteiger partial charge in [-0.2, -0.15) is 4.98 Å². The Morgan fingerprint density at radius 3 is 2.83 bits per heavy atom. The van der Waals surface area contributed by atoms with Crippen LogP contribution in [0.5, 0.6) is 5.88 Å². The lowest BCUT2D eigenvalue weighted by Gasteiger charge is -2.48. The number of halogens is 2. The van der Waals surface area contributed by atoms with Gasteiger partial charge in [-0.25, -0.2) is 19.2 Å². The molecule has 4 atom stereocenters. The van der Waals surface area contributed by atoms with E-state index in [2.05, 4.69) is 19.9 Å². The SMILES string of the molecule is C[C@@H]1Oc2nc(Cl)c(F)c3ncnc(c23)N2C[C@H]3CC[C@@H]([C@@H]12)N3C(=O)OC(C)(C)C. The van der Waals surface area contributed by atoms with E-state index in [4.69, 9.17) is 21.1 Å². The third-order valence-electron chi connectivity index (χ3n) is 5.99. The fourth-order valence-electron chi connectivity index (χ4n) is 4.96. The highest BCUT2D eigenvalue weighted by Crippen LogP contribution is 2.45. The Kier molecular flexibility index (Phi) is 4.26. The number of ether oxygens (including phenoxy) is 2. The average Bonchev–Trinajstić information content (AvgIpc) is 2.91. The summed E-state index contributed by atoms with van der Waals surface area (Å²) in [7, 11) is 0. The molecular formula is C20H23ClFN5O3. The van der Waals surface area contributed by atoms with Crippen LogP contribution < -0.4 is 9.64 Å². The van der Waals surface area contributed by atoms with Gasteiger partial charge in [-0.3, -0.25) is 4.90 Å². The summed E-state index contributed by atoms with van der Waals surface area (Å²) >= 11 is 5.98. The number of carbonyl (C=O) groups is 1. The molecule has 0 saturated carbocycles. The van der Waals surface area contributed by atoms with E-state index < -0.39 is 11.4 Å². The highest BCUT2D eigenvalue weighted by molar-refractivity contribution is 6.30. The Morgan fingerprint density at radius 2 is 2.10 bits per heavy atom. The number of aromatic nitrogens is 3. The second-order valence-corrected chi connectivity index (χ2v) is 9.45. The minimum atomic E-state index is -0.691. The van der Waals surface area contributed by atoms with Gasteiger partial charge in [0.2, 0.25) is 5.88 Å². The molecule has 0 spiro atoms. The Morgan fingerprint density at radius 1 is 1.33 bits per heavy atom. The van der Waals surface area contributed by atoms with Crippen molar-refractivity contribution in [3.05, 3.63) is 17.3 Å². The van der Waals surface area contributed by atoms with E-state index in [9.17, 15) is 9.18 Å². The van der Waals surface area contributed by atoms with Crippen LogP contribution in [0, 0.1) is 5.82 Å². The van der Waals surface area contributed by atoms with Gasteiger partial charge in [0.05, 0.1) is 18.1 Å². The highest BCUT2D eigenvalue weighted by atomic mass is 35.5. The molecule has 2 bridgehead atoms. The lowest BCUT2D eigenvalue weighted by Crippen LogP contribution is -2.65. The van der Waals surface area contributed by atoms with E-state index in [-0.39, 0.29) is 46.9 Å². The fraction of sp³-hybridized carbons (Fsp3) is 0.600. The molecule has 30 heavy (non-hydrogen) atoms. The van der Waals surface area contributed by atoms with Crippen LogP contribution in [0.2, 0.25) is 5.15 Å². The summed E-state index contributed by atoms with van der Waals surface area (Å²) in [5.74, 6) is 0.0888. The van der Waals surface area contributed by atoms with Crippen molar-refractivity contribution >= 4 is 34.4 Å². The number of amides is 1. The second-order valence-electron chi connectivity index (χ2n) is 9.09. The molecule has 0 aromatic carbocycles. The monoisotopic (exact) mass is 435 g/mol. The fourth-order valence-corrected chi connectivity index (χ4v) is 5.12. The van der Waals surface area contributed by atoms with Gasteiger partial charge in [-0.1, -0.05) is 11.6 Å². The molecule has 0 N–H and O–H groups in total. The second kappa shape index (κ2) is 6.54. The molecule has 5 rings (SSSR count). The van der Waals surface area contributed by atoms with Crippen molar-refractivity contribution in [3.63, 3.8) is 0 Å². The Bertz CT molecular complexity index is 1050. The standard InChI is InChI=1S/C20H23ClFN5O3/c1-9-15-11-6-5-10(27(11)19(28)30-20(2,3)4)7-26(15)17-12-14(23-8-24-17)13(22)16(21)25-18(12)29-9/h8-11,15H,5-7H2,1-4H3/t9-,10+,11-,15+/m0/s1. The lowest BCUT2D eigenvalue weighted by atomic mass is 9.98. The van der Waals surface area contributed by atoms with Gasteiger partial charge < -0.3 is 14.4 Å². The first-order chi connectivity index (χ1) is 14.2. The lowest BCUT2D eigenvalue weighted by molar-refractivity contribution is 0.000960. The molecule has 2 aromatic heterocycles. The van der Waals surface area contributed by atoms with Crippen molar-refractivity contribution in [2.75, 3.05) is 11.4 Å². The quantitative estimate of drug-likeness (QED) is 0.585. The van der Waals surface area contributed by atoms with Gasteiger partial charge in [0.15, 0.2) is 11.0 Å². The molecule has 5 heterocycles. The molecule has 3 aliphatic rings. The van der Waals surface area contributed by atoms with Crippen molar-refractivity contribution < 1.29 is 18.7 Å². The van der Waals surface area contributed by atoms with E-state index in [0.29, 0.717) is 17.7 Å². The van der Waals surface area contributed by atoms with Crippen LogP contribution in [0.1, 0.15) is 40.5 Å². The minimum Gasteiger partial charge on any atom is -0.472 e. The maximum absolute atomic E-state index is 14.6. The Balaban J connectivity index is 1.60. The number of pyridine rings is 1. The highest BCUT2D eigenvalue weighted by Gasteiger charge is 2.53. The van der Waals surface area contributed by atoms with E-state index in [1.165, 1.54) is 6.33 Å². The average molecular weight is 436 g/mol. The minimum absolute atomic E-state index is 0.0232. The topological polar surface area (TPSA) is 80.7 Å². The first kappa shape index (κ1) is 19.5. The largest absolute Gasteiger partial charge is 0.472 e. The van der Waals surface area contributed by atoms with Crippen LogP contribution in [0.15, 0.2) is 6.33 Å². The van der Waals surface area contributed by atoms with Crippen LogP contribution in [0.25, 0.3) is 10.9 Å². The van der Waals surface area contributed by atoms with Gasteiger partial charge in [-0.15, -0.1) is 0 Å². The summed E-state index contributed by atoms with van der Waals surface area (Å²) in [4.78, 5) is 29.6. The van der Waals surface area contributed by atoms with E-state index in [1.807, 2.05) is 32.6 Å². The number of piperazine rings is 1. The molecule has 0 aliphatic carbocycles. The summed E-state index contributed by atoms with van der Waals surface area (Å²) in [5.41, 5.74) is -0.489. The predicted octanol–water partition coefficient (Wildman–Crippen LogP) is 3.55. The van der Waals surface area contributed by atoms with Crippen molar-refractivity contribution in [2.24, 2.45) is 0 Å². The van der Waals surface area contributed by atoms with Crippen molar-refractivity contribution in [2.45, 2.75) is 70.4 Å². The molecule has 0 radical (unpaired) electrons. The number of fused-ring (bicyclic) bond motifs is 5. The zero-order valence-corrected chi connectivity index (χ0v) is 18.0. The summed E-state index contributed by atoms with van der Waals surface area (Å²) in [6, 6.07) is -0.330. The van der Waals surface area contributed by atoms with Crippen LogP contribution in [0.3, 0.4) is 0 Å². The molecule has 160 valence electrons. The van der Waals surface area contributed by atoms with E-state index in [0.717, 1.165) is 12.8 Å². The van der Waals surface area contributed by atoms with Crippen LogP contribution in [0.4, 0.5) is 15.0 Å². The van der Waals surface area contributed by atoms with Gasteiger partial charge in [0, 0.05) is 6.54 Å². The number of anilines is 1. The number of rotatable bonds is 0. The Labute approximate surface area is 178 Å². The summed E-state index contributed by atoms with van der Waals surface area (Å²) < 4.78 is 26.5. The molecule has 10 heteroatoms. The third kappa shape index (κ3) is 2.85. The van der Waals surface area contributed by atoms with Gasteiger partial charge in [-0.05, 0) is 40.5 Å². The number of carbonyl (C=O) groups excluding carboxylic acids is 1. The molecule has 0 unspecified atom stereocenters. The summed E-state index contributed by atoms with van der Waals surface area (Å²) in [6.45, 7) is 8.05. The predicted molar refractivity (Wildman–Crippen MR) is 108 cm³/mol. The van der Waals surface area contributed by atoms with Gasteiger partial charge in [0.25, 0.3) is 0 Å². The maximum Gasteiger partial charge on any atom is 0.410 e. The van der Waals surface area contributed by atoms with Crippen molar-refractivity contribution in [1.82, 2.24) is 19.9 Å². The number of nitrogens with zero attached hydrogens (tertiary/aromatic N) is 5. The molecule has 1 amide bonds. The van der Waals surface area contributed by atoms with Gasteiger partial charge >= 0.3 is 6.09 Å². The molecule has 8 nitrogen and oxygen atoms in total. The number of hydrogen-bond donors (Lipinski definition) is 0. The summed E-state index contributed by atoms with van der Waals surface area (Å²) in [5, 5.41) is 0.130. The first-order valence-electron chi connectivity index (χ1n) is 10.1. The van der Waals surface area contributed by atoms with Crippen molar-refractivity contribution in [3.8, 4) is 5.88 Å². The van der Waals surface area contributed by atoms with Crippen LogP contribution >= 0.6 is 11.6 Å².